The van der Waals surface area contributed by atoms with Gasteiger partial charge in [-0.15, -0.1) is 0 Å². The Morgan fingerprint density at radius 2 is 2.11 bits per heavy atom. The highest BCUT2D eigenvalue weighted by atomic mass is 16.5. The summed E-state index contributed by atoms with van der Waals surface area (Å²) < 4.78 is 5.57. The van der Waals surface area contributed by atoms with E-state index in [1.807, 2.05) is 14.0 Å². The quantitative estimate of drug-likeness (QED) is 0.782. The van der Waals surface area contributed by atoms with Crippen LogP contribution in [0.4, 0.5) is 0 Å². The molecule has 0 aromatic heterocycles. The molecule has 2 unspecified atom stereocenters. The number of benzene rings is 1. The number of aryl methyl sites for hydroxylation is 1. The van der Waals surface area contributed by atoms with E-state index in [1.54, 1.807) is 0 Å². The van der Waals surface area contributed by atoms with Gasteiger partial charge in [0.2, 0.25) is 0 Å². The van der Waals surface area contributed by atoms with Gasteiger partial charge in [0.1, 0.15) is 5.75 Å². The fraction of sp³-hybridized carbons (Fsp3) is 0.600. The predicted molar refractivity (Wildman–Crippen MR) is 77.0 cm³/mol. The van der Waals surface area contributed by atoms with Crippen LogP contribution in [-0.4, -0.2) is 20.2 Å². The second-order valence-electron chi connectivity index (χ2n) is 4.88. The molecule has 0 aliphatic rings. The first kappa shape index (κ1) is 15.0. The number of nitrogens with two attached hydrogens (primary N) is 1. The fourth-order valence-electron chi connectivity index (χ4n) is 2.13. The average molecular weight is 250 g/mol. The van der Waals surface area contributed by atoms with Crippen LogP contribution in [0.25, 0.3) is 0 Å². The summed E-state index contributed by atoms with van der Waals surface area (Å²) >= 11 is 0. The summed E-state index contributed by atoms with van der Waals surface area (Å²) in [5.41, 5.74) is 8.19. The standard InChI is InChI=1S/C15H26N2O/c1-5-18-15-7-6-13(9-12(15)3)14(17-4)8-11(2)10-16/h6-7,9,11,14,17H,5,8,10,16H2,1-4H3. The van der Waals surface area contributed by atoms with Crippen LogP contribution in [0.1, 0.15) is 37.4 Å². The van der Waals surface area contributed by atoms with Gasteiger partial charge in [-0.2, -0.15) is 0 Å². The van der Waals surface area contributed by atoms with E-state index >= 15 is 0 Å². The Morgan fingerprint density at radius 3 is 2.61 bits per heavy atom. The SMILES string of the molecule is CCOc1ccc(C(CC(C)CN)NC)cc1C. The zero-order valence-corrected chi connectivity index (χ0v) is 12.0. The van der Waals surface area contributed by atoms with Gasteiger partial charge in [-0.3, -0.25) is 0 Å². The Bertz CT molecular complexity index is 366. The first-order chi connectivity index (χ1) is 8.62. The number of hydrogen-bond donors (Lipinski definition) is 2. The minimum absolute atomic E-state index is 0.359. The van der Waals surface area contributed by atoms with Crippen LogP contribution < -0.4 is 15.8 Å². The molecule has 0 aliphatic carbocycles. The highest BCUT2D eigenvalue weighted by Gasteiger charge is 2.13. The zero-order chi connectivity index (χ0) is 13.5. The molecule has 18 heavy (non-hydrogen) atoms. The monoisotopic (exact) mass is 250 g/mol. The van der Waals surface area contributed by atoms with Crippen molar-refractivity contribution in [2.45, 2.75) is 33.2 Å². The Morgan fingerprint density at radius 1 is 1.39 bits per heavy atom. The molecule has 3 nitrogen and oxygen atoms in total. The Labute approximate surface area is 111 Å². The van der Waals surface area contributed by atoms with Crippen LogP contribution in [0, 0.1) is 12.8 Å². The molecule has 0 fully saturated rings. The molecular formula is C15H26N2O. The first-order valence-corrected chi connectivity index (χ1v) is 6.73. The molecule has 0 aliphatic heterocycles. The van der Waals surface area contributed by atoms with Crippen LogP contribution in [0.2, 0.25) is 0 Å². The Balaban J connectivity index is 2.83. The second-order valence-corrected chi connectivity index (χ2v) is 4.88. The van der Waals surface area contributed by atoms with E-state index in [4.69, 9.17) is 10.5 Å². The molecule has 0 spiro atoms. The van der Waals surface area contributed by atoms with Gasteiger partial charge in [-0.25, -0.2) is 0 Å². The van der Waals surface area contributed by atoms with E-state index in [0.29, 0.717) is 18.6 Å². The van der Waals surface area contributed by atoms with Gasteiger partial charge in [0.25, 0.3) is 0 Å². The summed E-state index contributed by atoms with van der Waals surface area (Å²) in [5, 5.41) is 3.37. The third-order valence-corrected chi connectivity index (χ3v) is 3.29. The lowest BCUT2D eigenvalue weighted by molar-refractivity contribution is 0.337. The molecule has 2 atom stereocenters. The fourth-order valence-corrected chi connectivity index (χ4v) is 2.13. The van der Waals surface area contributed by atoms with Crippen molar-refractivity contribution in [3.05, 3.63) is 29.3 Å². The van der Waals surface area contributed by atoms with Gasteiger partial charge in [0.05, 0.1) is 6.61 Å². The minimum Gasteiger partial charge on any atom is -0.494 e. The third-order valence-electron chi connectivity index (χ3n) is 3.29. The maximum atomic E-state index is 5.70. The van der Waals surface area contributed by atoms with E-state index in [0.717, 1.165) is 18.7 Å². The maximum Gasteiger partial charge on any atom is 0.122 e. The first-order valence-electron chi connectivity index (χ1n) is 6.73. The molecule has 0 radical (unpaired) electrons. The molecule has 0 amide bonds. The lowest BCUT2D eigenvalue weighted by Crippen LogP contribution is -2.22. The number of rotatable bonds is 7. The number of nitrogens with one attached hydrogen (secondary N) is 1. The molecule has 1 aromatic carbocycles. The van der Waals surface area contributed by atoms with E-state index in [9.17, 15) is 0 Å². The van der Waals surface area contributed by atoms with Crippen LogP contribution in [-0.2, 0) is 0 Å². The molecule has 0 saturated heterocycles. The van der Waals surface area contributed by atoms with Gasteiger partial charge in [0, 0.05) is 6.04 Å². The van der Waals surface area contributed by atoms with Crippen molar-refractivity contribution >= 4 is 0 Å². The maximum absolute atomic E-state index is 5.70. The molecule has 3 heteroatoms. The van der Waals surface area contributed by atoms with E-state index in [-0.39, 0.29) is 0 Å². The van der Waals surface area contributed by atoms with E-state index in [1.165, 1.54) is 11.1 Å². The van der Waals surface area contributed by atoms with Crippen LogP contribution >= 0.6 is 0 Å². The number of hydrogen-bond acceptors (Lipinski definition) is 3. The van der Waals surface area contributed by atoms with Crippen LogP contribution in [0.3, 0.4) is 0 Å². The van der Waals surface area contributed by atoms with Crippen molar-refractivity contribution in [2.24, 2.45) is 11.7 Å². The second kappa shape index (κ2) is 7.39. The van der Waals surface area contributed by atoms with Crippen molar-refractivity contribution in [3.63, 3.8) is 0 Å². The van der Waals surface area contributed by atoms with Crippen molar-refractivity contribution in [1.82, 2.24) is 5.32 Å². The lowest BCUT2D eigenvalue weighted by atomic mass is 9.95. The largest absolute Gasteiger partial charge is 0.494 e. The molecule has 0 heterocycles. The Kier molecular flexibility index (Phi) is 6.16. The molecule has 1 rings (SSSR count). The van der Waals surface area contributed by atoms with Crippen molar-refractivity contribution in [3.8, 4) is 5.75 Å². The van der Waals surface area contributed by atoms with Gasteiger partial charge < -0.3 is 15.8 Å². The molecule has 0 saturated carbocycles. The van der Waals surface area contributed by atoms with Gasteiger partial charge in [-0.1, -0.05) is 19.1 Å². The summed E-state index contributed by atoms with van der Waals surface area (Å²) in [5.74, 6) is 1.50. The Hall–Kier alpha value is -1.06. The highest BCUT2D eigenvalue weighted by molar-refractivity contribution is 5.37. The highest BCUT2D eigenvalue weighted by Crippen LogP contribution is 2.26. The molecule has 0 bridgehead atoms. The summed E-state index contributed by atoms with van der Waals surface area (Å²) in [6.45, 7) is 7.72. The minimum atomic E-state index is 0.359. The van der Waals surface area contributed by atoms with Gasteiger partial charge >= 0.3 is 0 Å². The summed E-state index contributed by atoms with van der Waals surface area (Å²) in [6, 6.07) is 6.77. The molecular weight excluding hydrogens is 224 g/mol. The average Bonchev–Trinajstić information content (AvgIpc) is 2.38. The summed E-state index contributed by atoms with van der Waals surface area (Å²) in [7, 11) is 2.00. The van der Waals surface area contributed by atoms with Crippen molar-refractivity contribution < 1.29 is 4.74 Å². The predicted octanol–water partition coefficient (Wildman–Crippen LogP) is 2.64. The van der Waals surface area contributed by atoms with E-state index in [2.05, 4.69) is 37.4 Å². The summed E-state index contributed by atoms with van der Waals surface area (Å²) in [4.78, 5) is 0. The third kappa shape index (κ3) is 4.00. The normalized spacial score (nSPS) is 14.3. The summed E-state index contributed by atoms with van der Waals surface area (Å²) in [6.07, 6.45) is 1.06. The smallest absolute Gasteiger partial charge is 0.122 e. The van der Waals surface area contributed by atoms with E-state index < -0.39 is 0 Å². The van der Waals surface area contributed by atoms with Gasteiger partial charge in [0.15, 0.2) is 0 Å². The molecule has 1 aromatic rings. The zero-order valence-electron chi connectivity index (χ0n) is 12.0. The molecule has 3 N–H and O–H groups in total. The number of ether oxygens (including phenoxy) is 1. The van der Waals surface area contributed by atoms with Crippen LogP contribution in [0.5, 0.6) is 5.75 Å². The topological polar surface area (TPSA) is 47.3 Å². The van der Waals surface area contributed by atoms with Crippen molar-refractivity contribution in [2.75, 3.05) is 20.2 Å². The van der Waals surface area contributed by atoms with Crippen LogP contribution in [0.15, 0.2) is 18.2 Å². The lowest BCUT2D eigenvalue weighted by Gasteiger charge is -2.21. The van der Waals surface area contributed by atoms with Crippen molar-refractivity contribution in [1.29, 1.82) is 0 Å². The molecule has 102 valence electrons. The van der Waals surface area contributed by atoms with Gasteiger partial charge in [-0.05, 0) is 57.0 Å².